The van der Waals surface area contributed by atoms with Gasteiger partial charge in [0.05, 0.1) is 0 Å². The molecule has 1 heterocycles. The lowest BCUT2D eigenvalue weighted by Gasteiger charge is -2.03. The van der Waals surface area contributed by atoms with Crippen molar-refractivity contribution in [3.05, 3.63) is 27.1 Å². The number of nitrogens with one attached hydrogen (secondary N) is 1. The van der Waals surface area contributed by atoms with Gasteiger partial charge in [-0.3, -0.25) is 4.79 Å². The van der Waals surface area contributed by atoms with E-state index in [2.05, 4.69) is 4.98 Å². The molecule has 3 N–H and O–H groups in total. The fourth-order valence-electron chi connectivity index (χ4n) is 0.910. The van der Waals surface area contributed by atoms with Crippen molar-refractivity contribution >= 4 is 35.8 Å². The minimum Gasteiger partial charge on any atom is -0.326 e. The Hall–Kier alpha value is -0.160. The standard InChI is InChI=1S/C7H9ClN2OS.ClH/c1-12-5-2-6(8)10-7(11)4(5)3-9;/h2H,3,9H2,1H3,(H,10,11);1H. The molecule has 1 aromatic heterocycles. The zero-order valence-electron chi connectivity index (χ0n) is 6.96. The minimum absolute atomic E-state index is 0. The maximum absolute atomic E-state index is 11.2. The van der Waals surface area contributed by atoms with Crippen molar-refractivity contribution in [2.45, 2.75) is 11.4 Å². The van der Waals surface area contributed by atoms with E-state index >= 15 is 0 Å². The molecule has 1 aromatic rings. The van der Waals surface area contributed by atoms with Crippen LogP contribution < -0.4 is 11.3 Å². The summed E-state index contributed by atoms with van der Waals surface area (Å²) in [4.78, 5) is 14.5. The van der Waals surface area contributed by atoms with Crippen molar-refractivity contribution < 1.29 is 0 Å². The minimum atomic E-state index is -0.200. The van der Waals surface area contributed by atoms with Crippen LogP contribution in [0, 0.1) is 0 Å². The van der Waals surface area contributed by atoms with Gasteiger partial charge in [-0.2, -0.15) is 0 Å². The van der Waals surface area contributed by atoms with Crippen molar-refractivity contribution in [3.8, 4) is 0 Å². The Morgan fingerprint density at radius 3 is 2.77 bits per heavy atom. The number of aromatic amines is 1. The number of aromatic nitrogens is 1. The number of nitrogens with two attached hydrogens (primary N) is 1. The van der Waals surface area contributed by atoms with Crippen LogP contribution in [0.2, 0.25) is 5.15 Å². The summed E-state index contributed by atoms with van der Waals surface area (Å²) in [5, 5.41) is 0.349. The fourth-order valence-corrected chi connectivity index (χ4v) is 1.83. The van der Waals surface area contributed by atoms with E-state index in [-0.39, 0.29) is 24.5 Å². The predicted molar refractivity (Wildman–Crippen MR) is 59.0 cm³/mol. The van der Waals surface area contributed by atoms with Gasteiger partial charge in [0, 0.05) is 17.0 Å². The molecule has 0 aliphatic rings. The van der Waals surface area contributed by atoms with Crippen LogP contribution in [0.3, 0.4) is 0 Å². The Morgan fingerprint density at radius 1 is 1.69 bits per heavy atom. The van der Waals surface area contributed by atoms with Gasteiger partial charge in [-0.1, -0.05) is 11.6 Å². The highest BCUT2D eigenvalue weighted by atomic mass is 35.5. The summed E-state index contributed by atoms with van der Waals surface area (Å²) in [6.07, 6.45) is 1.88. The quantitative estimate of drug-likeness (QED) is 0.611. The van der Waals surface area contributed by atoms with E-state index < -0.39 is 0 Å². The number of thioether (sulfide) groups is 1. The molecule has 0 saturated carbocycles. The molecule has 0 saturated heterocycles. The molecule has 1 rings (SSSR count). The van der Waals surface area contributed by atoms with E-state index in [1.807, 2.05) is 6.26 Å². The molecule has 3 nitrogen and oxygen atoms in total. The van der Waals surface area contributed by atoms with Gasteiger partial charge in [0.25, 0.3) is 5.56 Å². The second-order valence-electron chi connectivity index (χ2n) is 2.20. The number of rotatable bonds is 2. The highest BCUT2D eigenvalue weighted by Gasteiger charge is 2.05. The van der Waals surface area contributed by atoms with Crippen LogP contribution in [0.5, 0.6) is 0 Å². The van der Waals surface area contributed by atoms with Crippen LogP contribution >= 0.6 is 35.8 Å². The molecular formula is C7H10Cl2N2OS. The van der Waals surface area contributed by atoms with Crippen molar-refractivity contribution in [2.24, 2.45) is 5.73 Å². The normalized spacial score (nSPS) is 9.46. The van der Waals surface area contributed by atoms with E-state index in [0.29, 0.717) is 10.7 Å². The Morgan fingerprint density at radius 2 is 2.31 bits per heavy atom. The summed E-state index contributed by atoms with van der Waals surface area (Å²) < 4.78 is 0. The zero-order chi connectivity index (χ0) is 9.14. The number of halogens is 2. The van der Waals surface area contributed by atoms with Crippen molar-refractivity contribution in [1.29, 1.82) is 0 Å². The average molecular weight is 241 g/mol. The van der Waals surface area contributed by atoms with Gasteiger partial charge in [0.15, 0.2) is 0 Å². The number of hydrogen-bond acceptors (Lipinski definition) is 3. The third kappa shape index (κ3) is 2.91. The first-order valence-electron chi connectivity index (χ1n) is 3.34. The molecule has 0 radical (unpaired) electrons. The molecule has 0 aliphatic carbocycles. The first-order valence-corrected chi connectivity index (χ1v) is 4.95. The van der Waals surface area contributed by atoms with Crippen molar-refractivity contribution in [1.82, 2.24) is 4.98 Å². The molecule has 13 heavy (non-hydrogen) atoms. The van der Waals surface area contributed by atoms with Crippen molar-refractivity contribution in [2.75, 3.05) is 6.26 Å². The largest absolute Gasteiger partial charge is 0.326 e. The molecule has 0 aliphatic heterocycles. The van der Waals surface area contributed by atoms with Crippen LogP contribution in [0.15, 0.2) is 15.8 Å². The third-order valence-corrected chi connectivity index (χ3v) is 2.49. The maximum Gasteiger partial charge on any atom is 0.254 e. The molecule has 0 bridgehead atoms. The van der Waals surface area contributed by atoms with E-state index in [9.17, 15) is 4.79 Å². The monoisotopic (exact) mass is 240 g/mol. The Bertz CT molecular complexity index is 340. The molecule has 0 amide bonds. The van der Waals surface area contributed by atoms with E-state index in [1.54, 1.807) is 6.07 Å². The number of pyridine rings is 1. The van der Waals surface area contributed by atoms with Gasteiger partial charge >= 0.3 is 0 Å². The van der Waals surface area contributed by atoms with E-state index in [4.69, 9.17) is 17.3 Å². The third-order valence-electron chi connectivity index (χ3n) is 1.49. The Balaban J connectivity index is 0.00000144. The zero-order valence-corrected chi connectivity index (χ0v) is 9.35. The summed E-state index contributed by atoms with van der Waals surface area (Å²) >= 11 is 7.11. The van der Waals surface area contributed by atoms with Gasteiger partial charge < -0.3 is 10.7 Å². The molecule has 6 heteroatoms. The van der Waals surface area contributed by atoms with E-state index in [0.717, 1.165) is 4.90 Å². The lowest BCUT2D eigenvalue weighted by Crippen LogP contribution is -2.17. The summed E-state index contributed by atoms with van der Waals surface area (Å²) in [7, 11) is 0. The highest BCUT2D eigenvalue weighted by molar-refractivity contribution is 7.98. The second-order valence-corrected chi connectivity index (χ2v) is 3.45. The van der Waals surface area contributed by atoms with Gasteiger partial charge in [0.1, 0.15) is 5.15 Å². The average Bonchev–Trinajstić information content (AvgIpc) is 2.03. The first-order chi connectivity index (χ1) is 5.69. The SMILES string of the molecule is CSc1cc(Cl)[nH]c(=O)c1CN.Cl. The molecule has 0 atom stereocenters. The van der Waals surface area contributed by atoms with Crippen LogP contribution in [-0.2, 0) is 6.54 Å². The summed E-state index contributed by atoms with van der Waals surface area (Å²) in [5.41, 5.74) is 5.79. The molecular weight excluding hydrogens is 231 g/mol. The van der Waals surface area contributed by atoms with Gasteiger partial charge in [-0.15, -0.1) is 24.2 Å². The summed E-state index contributed by atoms with van der Waals surface area (Å²) in [6.45, 7) is 0.239. The number of H-pyrrole nitrogens is 1. The number of hydrogen-bond donors (Lipinski definition) is 2. The topological polar surface area (TPSA) is 58.9 Å². The second kappa shape index (κ2) is 5.54. The molecule has 0 spiro atoms. The van der Waals surface area contributed by atoms with Gasteiger partial charge in [-0.05, 0) is 12.3 Å². The molecule has 0 aromatic carbocycles. The Kier molecular flexibility index (Phi) is 5.48. The smallest absolute Gasteiger partial charge is 0.254 e. The molecule has 0 unspecified atom stereocenters. The Labute approximate surface area is 91.5 Å². The fraction of sp³-hybridized carbons (Fsp3) is 0.286. The summed E-state index contributed by atoms with van der Waals surface area (Å²) in [5.74, 6) is 0. The lowest BCUT2D eigenvalue weighted by atomic mass is 10.3. The first kappa shape index (κ1) is 12.8. The maximum atomic E-state index is 11.2. The van der Waals surface area contributed by atoms with Crippen LogP contribution in [-0.4, -0.2) is 11.2 Å². The van der Waals surface area contributed by atoms with Gasteiger partial charge in [-0.25, -0.2) is 0 Å². The predicted octanol–water partition coefficient (Wildman–Crippen LogP) is 1.63. The van der Waals surface area contributed by atoms with Crippen LogP contribution in [0.25, 0.3) is 0 Å². The van der Waals surface area contributed by atoms with Gasteiger partial charge in [0.2, 0.25) is 0 Å². The highest BCUT2D eigenvalue weighted by Crippen LogP contribution is 2.19. The van der Waals surface area contributed by atoms with E-state index in [1.165, 1.54) is 11.8 Å². The molecule has 0 fully saturated rings. The van der Waals surface area contributed by atoms with Crippen LogP contribution in [0.1, 0.15) is 5.56 Å². The summed E-state index contributed by atoms with van der Waals surface area (Å²) in [6, 6.07) is 1.70. The molecule has 74 valence electrons. The van der Waals surface area contributed by atoms with Crippen molar-refractivity contribution in [3.63, 3.8) is 0 Å². The van der Waals surface area contributed by atoms with Crippen LogP contribution in [0.4, 0.5) is 0 Å². The lowest BCUT2D eigenvalue weighted by molar-refractivity contribution is 0.970.